The Morgan fingerprint density at radius 3 is 2.17 bits per heavy atom. The van der Waals surface area contributed by atoms with Crippen LogP contribution in [0.1, 0.15) is 32.6 Å². The van der Waals surface area contributed by atoms with Crippen LogP contribution >= 0.6 is 0 Å². The molecule has 70 valence electrons. The molecule has 0 N–H and O–H groups in total. The van der Waals surface area contributed by atoms with Gasteiger partial charge in [0, 0.05) is 12.8 Å². The van der Waals surface area contributed by atoms with Crippen molar-refractivity contribution < 1.29 is 4.48 Å². The molecule has 0 aromatic carbocycles. The fourth-order valence-corrected chi connectivity index (χ4v) is 1.86. The van der Waals surface area contributed by atoms with Crippen LogP contribution in [-0.4, -0.2) is 31.2 Å². The van der Waals surface area contributed by atoms with Gasteiger partial charge in [-0.1, -0.05) is 13.3 Å². The summed E-state index contributed by atoms with van der Waals surface area (Å²) in [7, 11) is 2.41. The lowest BCUT2D eigenvalue weighted by Gasteiger charge is -2.28. The highest BCUT2D eigenvalue weighted by molar-refractivity contribution is 4.51. The molecule has 1 aliphatic heterocycles. The number of hydrogen-bond donors (Lipinski definition) is 0. The van der Waals surface area contributed by atoms with Crippen molar-refractivity contribution in [2.75, 3.05) is 26.7 Å². The fourth-order valence-electron chi connectivity index (χ4n) is 1.86. The van der Waals surface area contributed by atoms with Crippen LogP contribution in [0.2, 0.25) is 0 Å². The van der Waals surface area contributed by atoms with Crippen molar-refractivity contribution in [1.29, 1.82) is 5.26 Å². The highest BCUT2D eigenvalue weighted by atomic mass is 15.3. The van der Waals surface area contributed by atoms with Gasteiger partial charge in [0.05, 0.1) is 26.7 Å². The van der Waals surface area contributed by atoms with Gasteiger partial charge >= 0.3 is 0 Å². The van der Waals surface area contributed by atoms with E-state index in [1.807, 2.05) is 0 Å². The summed E-state index contributed by atoms with van der Waals surface area (Å²) in [5, 5.41) is 6.25. The average molecular weight is 168 g/mol. The predicted molar refractivity (Wildman–Crippen MR) is 49.9 cm³/mol. The smallest absolute Gasteiger partial charge is 0.0786 e. The fraction of sp³-hybridized carbons (Fsp3) is 0.900. The van der Waals surface area contributed by atoms with E-state index < -0.39 is 0 Å². The van der Waals surface area contributed by atoms with Gasteiger partial charge in [0.2, 0.25) is 0 Å². The molecule has 0 radical (unpaired) electrons. The Kier molecular flexibility index (Phi) is 5.74. The average Bonchev–Trinajstić information content (AvgIpc) is 2.53. The Morgan fingerprint density at radius 2 is 1.75 bits per heavy atom. The topological polar surface area (TPSA) is 23.8 Å². The largest absolute Gasteiger partial charge is 0.512 e. The van der Waals surface area contributed by atoms with E-state index in [9.17, 15) is 0 Å². The third-order valence-electron chi connectivity index (χ3n) is 2.70. The molecule has 0 bridgehead atoms. The minimum atomic E-state index is 1.36. The summed E-state index contributed by atoms with van der Waals surface area (Å²) >= 11 is 0. The van der Waals surface area contributed by atoms with Crippen LogP contribution in [0.3, 0.4) is 0 Å². The maximum Gasteiger partial charge on any atom is 0.0786 e. The highest BCUT2D eigenvalue weighted by Gasteiger charge is 2.25. The first-order valence-corrected chi connectivity index (χ1v) is 4.83. The van der Waals surface area contributed by atoms with Crippen LogP contribution in [0.5, 0.6) is 0 Å². The maximum absolute atomic E-state index is 6.25. The van der Waals surface area contributed by atoms with Crippen molar-refractivity contribution in [1.82, 2.24) is 0 Å². The van der Waals surface area contributed by atoms with E-state index in [1.54, 1.807) is 0 Å². The third-order valence-corrected chi connectivity index (χ3v) is 2.70. The quantitative estimate of drug-likeness (QED) is 0.468. The lowest BCUT2D eigenvalue weighted by atomic mass is 10.3. The Morgan fingerprint density at radius 1 is 1.25 bits per heavy atom. The molecule has 1 aliphatic rings. The lowest BCUT2D eigenvalue weighted by Crippen LogP contribution is -2.41. The van der Waals surface area contributed by atoms with Crippen molar-refractivity contribution in [2.24, 2.45) is 0 Å². The van der Waals surface area contributed by atoms with Gasteiger partial charge in [-0.3, -0.25) is 0 Å². The van der Waals surface area contributed by atoms with Crippen molar-refractivity contribution in [3.05, 3.63) is 6.57 Å². The van der Waals surface area contributed by atoms with Gasteiger partial charge in [0.1, 0.15) is 0 Å². The van der Waals surface area contributed by atoms with E-state index >= 15 is 0 Å². The molecule has 2 nitrogen and oxygen atoms in total. The second-order valence-electron chi connectivity index (χ2n) is 3.85. The van der Waals surface area contributed by atoms with E-state index in [4.69, 9.17) is 11.8 Å². The molecule has 1 fully saturated rings. The van der Waals surface area contributed by atoms with Gasteiger partial charge in [-0.2, -0.15) is 0 Å². The van der Waals surface area contributed by atoms with E-state index in [2.05, 4.69) is 14.0 Å². The van der Waals surface area contributed by atoms with Crippen LogP contribution in [-0.2, 0) is 0 Å². The zero-order chi connectivity index (χ0) is 9.45. The first kappa shape index (κ1) is 11.4. The predicted octanol–water partition coefficient (Wildman–Crippen LogP) is 2.12. The molecule has 2 heteroatoms. The van der Waals surface area contributed by atoms with E-state index in [-0.39, 0.29) is 0 Å². The van der Waals surface area contributed by atoms with Gasteiger partial charge in [-0.25, -0.2) is 0 Å². The van der Waals surface area contributed by atoms with Gasteiger partial charge in [0.15, 0.2) is 0 Å². The van der Waals surface area contributed by atoms with Crippen molar-refractivity contribution in [2.45, 2.75) is 32.6 Å². The molecule has 0 unspecified atom stereocenters. The molecule has 1 heterocycles. The molecule has 0 aromatic rings. The summed E-state index contributed by atoms with van der Waals surface area (Å²) in [6.07, 6.45) is 5.69. The van der Waals surface area contributed by atoms with Gasteiger partial charge in [-0.15, -0.1) is 0 Å². The normalized spacial score (nSPS) is 19.7. The van der Waals surface area contributed by atoms with E-state index in [0.717, 1.165) is 0 Å². The lowest BCUT2D eigenvalue weighted by molar-refractivity contribution is -0.897. The zero-order valence-electron chi connectivity index (χ0n) is 8.34. The van der Waals surface area contributed by atoms with Crippen molar-refractivity contribution >= 4 is 0 Å². The second kappa shape index (κ2) is 6.02. The van der Waals surface area contributed by atoms with Crippen LogP contribution in [0, 0.1) is 11.8 Å². The molecular formula is C10H20N2. The van der Waals surface area contributed by atoms with Crippen LogP contribution < -0.4 is 0 Å². The monoisotopic (exact) mass is 168 g/mol. The molecule has 0 atom stereocenters. The molecule has 12 heavy (non-hydrogen) atoms. The summed E-state index contributed by atoms with van der Waals surface area (Å²) in [5.74, 6) is 0. The van der Waals surface area contributed by atoms with E-state index in [0.29, 0.717) is 0 Å². The van der Waals surface area contributed by atoms with Gasteiger partial charge in [0.25, 0.3) is 0 Å². The number of rotatable bonds is 3. The molecule has 0 aromatic heterocycles. The van der Waals surface area contributed by atoms with Crippen LogP contribution in [0.15, 0.2) is 0 Å². The second-order valence-corrected chi connectivity index (χ2v) is 3.85. The van der Waals surface area contributed by atoms with Gasteiger partial charge < -0.3 is 16.3 Å². The number of unbranched alkanes of at least 4 members (excludes halogenated alkanes) is 1. The summed E-state index contributed by atoms with van der Waals surface area (Å²) in [6.45, 7) is 11.3. The van der Waals surface area contributed by atoms with Crippen molar-refractivity contribution in [3.63, 3.8) is 0 Å². The first-order valence-electron chi connectivity index (χ1n) is 4.83. The van der Waals surface area contributed by atoms with Crippen molar-refractivity contribution in [3.8, 4) is 0 Å². The minimum absolute atomic E-state index is 1.36. The first-order chi connectivity index (χ1) is 5.77. The molecular weight excluding hydrogens is 148 g/mol. The summed E-state index contributed by atoms with van der Waals surface area (Å²) in [4.78, 5) is 0. The standard InChI is InChI=1S/C9H20N.CN/c1-3-4-7-10(2)8-5-6-9-10;1-2/h3-9H2,1-2H3;/q+1;-1. The Labute approximate surface area is 76.4 Å². The maximum atomic E-state index is 6.25. The minimum Gasteiger partial charge on any atom is -0.512 e. The van der Waals surface area contributed by atoms with Gasteiger partial charge in [-0.05, 0) is 6.42 Å². The SMILES string of the molecule is CCCC[N+]1(C)CCCC1.[C-]#N. The molecule has 0 saturated carbocycles. The van der Waals surface area contributed by atoms with Crippen LogP contribution in [0.4, 0.5) is 0 Å². The molecule has 1 rings (SSSR count). The summed E-state index contributed by atoms with van der Waals surface area (Å²) in [6, 6.07) is 0. The molecule has 1 saturated heterocycles. The Balaban J connectivity index is 0.000000561. The number of hydrogen-bond acceptors (Lipinski definition) is 1. The van der Waals surface area contributed by atoms with E-state index in [1.165, 1.54) is 49.8 Å². The third kappa shape index (κ3) is 3.73. The Bertz CT molecular complexity index is 123. The summed E-state index contributed by atoms with van der Waals surface area (Å²) in [5.41, 5.74) is 0. The molecule has 0 aliphatic carbocycles. The van der Waals surface area contributed by atoms with Crippen LogP contribution in [0.25, 0.3) is 0 Å². The molecule has 0 spiro atoms. The highest BCUT2D eigenvalue weighted by Crippen LogP contribution is 2.16. The molecule has 0 amide bonds. The number of nitrogens with zero attached hydrogens (tertiary/aromatic N) is 2. The Hall–Kier alpha value is -0.550. The number of quaternary nitrogens is 1. The summed E-state index contributed by atoms with van der Waals surface area (Å²) < 4.78 is 1.36. The number of likely N-dealkylation sites (tertiary alicyclic amines) is 1. The zero-order valence-corrected chi connectivity index (χ0v) is 8.34.